The summed E-state index contributed by atoms with van der Waals surface area (Å²) < 4.78 is 18.0. The van der Waals surface area contributed by atoms with Crippen LogP contribution in [0.3, 0.4) is 0 Å². The molecule has 7 heteroatoms. The lowest BCUT2D eigenvalue weighted by atomic mass is 9.92. The van der Waals surface area contributed by atoms with E-state index in [4.69, 9.17) is 14.2 Å². The van der Waals surface area contributed by atoms with E-state index in [9.17, 15) is 4.79 Å². The molecule has 5 rings (SSSR count). The lowest BCUT2D eigenvalue weighted by molar-refractivity contribution is 0.0835. The molecule has 178 valence electrons. The summed E-state index contributed by atoms with van der Waals surface area (Å²) in [5.41, 5.74) is 2.15. The normalized spacial score (nSPS) is 19.1. The number of fused-ring (bicyclic) bond motifs is 1. The third-order valence-corrected chi connectivity index (χ3v) is 7.64. The van der Waals surface area contributed by atoms with Crippen LogP contribution in [0.2, 0.25) is 0 Å². The summed E-state index contributed by atoms with van der Waals surface area (Å²) in [7, 11) is 1.63. The van der Waals surface area contributed by atoms with Crippen LogP contribution >= 0.6 is 11.3 Å². The summed E-state index contributed by atoms with van der Waals surface area (Å²) in [6.07, 6.45) is 15.4. The van der Waals surface area contributed by atoms with E-state index in [1.165, 1.54) is 16.9 Å². The number of ketones is 1. The fraction of sp³-hybridized carbons (Fsp3) is 0.407. The smallest absolute Gasteiger partial charge is 0.194 e. The SMILES string of the molecule is COc1cccc2sc(C(=O)C3CCN(CCC4=COC=C(CC5=CC=CCC5)O4)CC3)nc12. The number of likely N-dealkylation sites (tertiary alicyclic amines) is 1. The molecule has 1 aliphatic carbocycles. The molecule has 3 aliphatic rings. The molecule has 2 aromatic rings. The molecule has 0 spiro atoms. The van der Waals surface area contributed by atoms with Gasteiger partial charge < -0.3 is 19.1 Å². The first-order valence-corrected chi connectivity index (χ1v) is 12.8. The van der Waals surface area contributed by atoms with Crippen molar-refractivity contribution in [2.75, 3.05) is 26.7 Å². The van der Waals surface area contributed by atoms with Gasteiger partial charge in [-0.25, -0.2) is 4.98 Å². The molecule has 1 saturated heterocycles. The van der Waals surface area contributed by atoms with E-state index < -0.39 is 0 Å². The summed E-state index contributed by atoms with van der Waals surface area (Å²) in [6, 6.07) is 5.81. The number of hydrogen-bond donors (Lipinski definition) is 0. The second-order valence-corrected chi connectivity index (χ2v) is 9.96. The van der Waals surface area contributed by atoms with Gasteiger partial charge in [0.05, 0.1) is 11.8 Å². The maximum Gasteiger partial charge on any atom is 0.194 e. The molecule has 34 heavy (non-hydrogen) atoms. The number of nitrogens with zero attached hydrogens (tertiary/aromatic N) is 2. The summed E-state index contributed by atoms with van der Waals surface area (Å²) >= 11 is 1.47. The van der Waals surface area contributed by atoms with Crippen molar-refractivity contribution >= 4 is 27.3 Å². The molecule has 2 aliphatic heterocycles. The molecule has 0 amide bonds. The number of Topliss-reactive ketones (excluding diaryl/α,β-unsaturated/α-hetero) is 1. The van der Waals surface area contributed by atoms with Crippen LogP contribution in [0.25, 0.3) is 10.2 Å². The first-order valence-electron chi connectivity index (χ1n) is 12.0. The molecular formula is C27H30N2O4S. The quantitative estimate of drug-likeness (QED) is 0.435. The molecule has 0 atom stereocenters. The highest BCUT2D eigenvalue weighted by molar-refractivity contribution is 7.20. The number of aromatic nitrogens is 1. The molecule has 0 bridgehead atoms. The van der Waals surface area contributed by atoms with E-state index in [0.29, 0.717) is 5.01 Å². The number of piperidine rings is 1. The molecule has 0 unspecified atom stereocenters. The van der Waals surface area contributed by atoms with Crippen molar-refractivity contribution in [1.29, 1.82) is 0 Å². The Morgan fingerprint density at radius 2 is 2.09 bits per heavy atom. The van der Waals surface area contributed by atoms with Crippen molar-refractivity contribution in [2.45, 2.75) is 38.5 Å². The Morgan fingerprint density at radius 3 is 2.88 bits per heavy atom. The first-order chi connectivity index (χ1) is 16.7. The third kappa shape index (κ3) is 5.26. The van der Waals surface area contributed by atoms with E-state index in [2.05, 4.69) is 28.1 Å². The molecule has 1 aromatic heterocycles. The fourth-order valence-corrected chi connectivity index (χ4v) is 5.67. The Morgan fingerprint density at radius 1 is 1.24 bits per heavy atom. The summed E-state index contributed by atoms with van der Waals surface area (Å²) in [4.78, 5) is 20.1. The highest BCUT2D eigenvalue weighted by Crippen LogP contribution is 2.32. The zero-order valence-corrected chi connectivity index (χ0v) is 20.3. The summed E-state index contributed by atoms with van der Waals surface area (Å²) in [6.45, 7) is 2.70. The van der Waals surface area contributed by atoms with Crippen LogP contribution in [-0.4, -0.2) is 42.4 Å². The lowest BCUT2D eigenvalue weighted by Gasteiger charge is -2.31. The summed E-state index contributed by atoms with van der Waals surface area (Å²) in [5, 5.41) is 0.596. The second kappa shape index (κ2) is 10.6. The minimum absolute atomic E-state index is 0.0311. The van der Waals surface area contributed by atoms with Crippen LogP contribution in [0.4, 0.5) is 0 Å². The molecule has 6 nitrogen and oxygen atoms in total. The molecule has 0 saturated carbocycles. The number of hydrogen-bond acceptors (Lipinski definition) is 7. The van der Waals surface area contributed by atoms with Gasteiger partial charge in [-0.2, -0.15) is 0 Å². The van der Waals surface area contributed by atoms with Gasteiger partial charge >= 0.3 is 0 Å². The second-order valence-electron chi connectivity index (χ2n) is 8.93. The van der Waals surface area contributed by atoms with Gasteiger partial charge in [0, 0.05) is 25.3 Å². The van der Waals surface area contributed by atoms with Crippen molar-refractivity contribution in [1.82, 2.24) is 9.88 Å². The Balaban J connectivity index is 1.09. The van der Waals surface area contributed by atoms with Gasteiger partial charge in [0.2, 0.25) is 0 Å². The van der Waals surface area contributed by atoms with Gasteiger partial charge in [0.1, 0.15) is 35.3 Å². The Labute approximate surface area is 204 Å². The Hall–Kier alpha value is -2.90. The number of carbonyl (C=O) groups is 1. The van der Waals surface area contributed by atoms with Gasteiger partial charge in [-0.05, 0) is 50.9 Å². The van der Waals surface area contributed by atoms with Crippen LogP contribution in [-0.2, 0) is 9.47 Å². The van der Waals surface area contributed by atoms with Gasteiger partial charge in [-0.3, -0.25) is 4.79 Å². The number of thiazole rings is 1. The van der Waals surface area contributed by atoms with Crippen LogP contribution in [0.15, 0.2) is 66.0 Å². The maximum absolute atomic E-state index is 13.1. The van der Waals surface area contributed by atoms with Crippen molar-refractivity contribution in [2.24, 2.45) is 5.92 Å². The number of carbonyl (C=O) groups excluding carboxylic acids is 1. The number of methoxy groups -OCH3 is 1. The number of rotatable bonds is 8. The predicted octanol–water partition coefficient (Wildman–Crippen LogP) is 5.99. The van der Waals surface area contributed by atoms with Crippen LogP contribution < -0.4 is 4.74 Å². The fourth-order valence-electron chi connectivity index (χ4n) is 4.67. The maximum atomic E-state index is 13.1. The van der Waals surface area contributed by atoms with Crippen molar-refractivity contribution in [3.05, 3.63) is 71.1 Å². The molecule has 1 aromatic carbocycles. The minimum Gasteiger partial charge on any atom is -0.494 e. The number of para-hydroxylation sites is 1. The molecule has 0 N–H and O–H groups in total. The number of ether oxygens (including phenoxy) is 3. The monoisotopic (exact) mass is 478 g/mol. The standard InChI is InChI=1S/C27H30N2O4S/c1-31-23-8-5-9-24-25(23)28-27(34-24)26(30)20-10-13-29(14-11-20)15-12-21-17-32-18-22(33-21)16-19-6-3-2-4-7-19/h2-3,5-6,8-9,17-18,20H,4,7,10-16H2,1H3. The van der Waals surface area contributed by atoms with E-state index in [-0.39, 0.29) is 11.7 Å². The number of allylic oxidation sites excluding steroid dienone is 4. The molecule has 0 radical (unpaired) electrons. The van der Waals surface area contributed by atoms with E-state index >= 15 is 0 Å². The van der Waals surface area contributed by atoms with Crippen LogP contribution in [0.1, 0.15) is 48.3 Å². The Kier molecular flexibility index (Phi) is 7.11. The molecule has 3 heterocycles. The average Bonchev–Trinajstić information content (AvgIpc) is 3.33. The molecular weight excluding hydrogens is 448 g/mol. The Bertz CT molecular complexity index is 1170. The molecule has 1 fully saturated rings. The van der Waals surface area contributed by atoms with Gasteiger partial charge in [0.25, 0.3) is 0 Å². The lowest BCUT2D eigenvalue weighted by Crippen LogP contribution is -2.37. The van der Waals surface area contributed by atoms with E-state index in [1.807, 2.05) is 18.2 Å². The van der Waals surface area contributed by atoms with Crippen molar-refractivity contribution < 1.29 is 19.0 Å². The highest BCUT2D eigenvalue weighted by atomic mass is 32.1. The topological polar surface area (TPSA) is 60.9 Å². The average molecular weight is 479 g/mol. The van der Waals surface area contributed by atoms with Gasteiger partial charge in [-0.1, -0.05) is 29.9 Å². The first kappa shape index (κ1) is 22.9. The van der Waals surface area contributed by atoms with Gasteiger partial charge in [0.15, 0.2) is 10.8 Å². The summed E-state index contributed by atoms with van der Waals surface area (Å²) in [5.74, 6) is 2.65. The minimum atomic E-state index is 0.0311. The van der Waals surface area contributed by atoms with Crippen LogP contribution in [0.5, 0.6) is 5.75 Å². The van der Waals surface area contributed by atoms with Gasteiger partial charge in [-0.15, -0.1) is 11.3 Å². The zero-order valence-electron chi connectivity index (χ0n) is 19.5. The van der Waals surface area contributed by atoms with E-state index in [0.717, 1.165) is 85.6 Å². The van der Waals surface area contributed by atoms with E-state index in [1.54, 1.807) is 19.6 Å². The van der Waals surface area contributed by atoms with Crippen molar-refractivity contribution in [3.8, 4) is 5.75 Å². The van der Waals surface area contributed by atoms with Crippen molar-refractivity contribution in [3.63, 3.8) is 0 Å². The van der Waals surface area contributed by atoms with Crippen LogP contribution in [0, 0.1) is 5.92 Å². The zero-order chi connectivity index (χ0) is 23.3. The predicted molar refractivity (Wildman–Crippen MR) is 134 cm³/mol. The third-order valence-electron chi connectivity index (χ3n) is 6.61. The number of benzene rings is 1. The largest absolute Gasteiger partial charge is 0.494 e. The highest BCUT2D eigenvalue weighted by Gasteiger charge is 2.28.